The van der Waals surface area contributed by atoms with Crippen molar-refractivity contribution in [1.82, 2.24) is 19.5 Å². The molecule has 2 atom stereocenters. The van der Waals surface area contributed by atoms with Crippen molar-refractivity contribution in [1.29, 1.82) is 0 Å². The monoisotopic (exact) mass is 281 g/mol. The zero-order valence-corrected chi connectivity index (χ0v) is 11.2. The number of nitrogen functional groups attached to an aromatic ring is 1. The fourth-order valence-electron chi connectivity index (χ4n) is 2.91. The van der Waals surface area contributed by atoms with Crippen LogP contribution in [0.2, 0.25) is 5.15 Å². The van der Waals surface area contributed by atoms with E-state index in [9.17, 15) is 5.11 Å². The maximum Gasteiger partial charge on any atom is 0.223 e. The first-order valence-corrected chi connectivity index (χ1v) is 6.85. The minimum atomic E-state index is 0.149. The maximum absolute atomic E-state index is 9.52. The van der Waals surface area contributed by atoms with Crippen molar-refractivity contribution >= 4 is 28.7 Å². The summed E-state index contributed by atoms with van der Waals surface area (Å²) in [5.41, 5.74) is 6.88. The van der Waals surface area contributed by atoms with Crippen molar-refractivity contribution in [2.24, 2.45) is 5.92 Å². The molecular formula is C12H16ClN5O. The molecule has 1 aliphatic carbocycles. The van der Waals surface area contributed by atoms with Crippen molar-refractivity contribution in [3.8, 4) is 0 Å². The largest absolute Gasteiger partial charge is 0.396 e. The number of aromatic nitrogens is 4. The lowest BCUT2D eigenvalue weighted by atomic mass is 9.85. The van der Waals surface area contributed by atoms with Gasteiger partial charge in [-0.1, -0.05) is 24.4 Å². The maximum atomic E-state index is 9.52. The lowest BCUT2D eigenvalue weighted by Crippen LogP contribution is -2.25. The highest BCUT2D eigenvalue weighted by Gasteiger charge is 2.28. The Morgan fingerprint density at radius 3 is 2.95 bits per heavy atom. The van der Waals surface area contributed by atoms with Crippen LogP contribution in [-0.4, -0.2) is 31.2 Å². The van der Waals surface area contributed by atoms with Gasteiger partial charge in [-0.25, -0.2) is 4.98 Å². The quantitative estimate of drug-likeness (QED) is 0.819. The number of anilines is 1. The Kier molecular flexibility index (Phi) is 3.28. The first kappa shape index (κ1) is 12.6. The van der Waals surface area contributed by atoms with Gasteiger partial charge in [0, 0.05) is 18.6 Å². The van der Waals surface area contributed by atoms with Crippen molar-refractivity contribution in [2.45, 2.75) is 31.7 Å². The number of nitrogens with two attached hydrogens (primary N) is 1. The second kappa shape index (κ2) is 4.94. The average molecular weight is 282 g/mol. The van der Waals surface area contributed by atoms with Crippen LogP contribution in [0.1, 0.15) is 31.7 Å². The van der Waals surface area contributed by atoms with Crippen LogP contribution in [-0.2, 0) is 0 Å². The molecule has 7 heteroatoms. The normalized spacial score (nSPS) is 23.9. The number of aliphatic hydroxyl groups excluding tert-OH is 1. The van der Waals surface area contributed by atoms with E-state index in [1.165, 1.54) is 0 Å². The summed E-state index contributed by atoms with van der Waals surface area (Å²) in [5, 5.41) is 9.80. The van der Waals surface area contributed by atoms with E-state index in [1.807, 2.05) is 4.57 Å². The summed E-state index contributed by atoms with van der Waals surface area (Å²) in [5.74, 6) is 0.386. The van der Waals surface area contributed by atoms with Crippen LogP contribution < -0.4 is 5.73 Å². The Balaban J connectivity index is 2.09. The highest BCUT2D eigenvalue weighted by molar-refractivity contribution is 6.33. The molecule has 19 heavy (non-hydrogen) atoms. The van der Waals surface area contributed by atoms with Gasteiger partial charge in [0.1, 0.15) is 5.52 Å². The van der Waals surface area contributed by atoms with Gasteiger partial charge >= 0.3 is 0 Å². The molecule has 102 valence electrons. The lowest BCUT2D eigenvalue weighted by Gasteiger charge is -2.31. The predicted molar refractivity (Wildman–Crippen MR) is 72.8 cm³/mol. The molecule has 0 aromatic carbocycles. The molecule has 2 aromatic rings. The Labute approximate surface area is 115 Å². The van der Waals surface area contributed by atoms with E-state index in [4.69, 9.17) is 17.3 Å². The molecule has 0 amide bonds. The van der Waals surface area contributed by atoms with Gasteiger partial charge in [-0.3, -0.25) is 0 Å². The van der Waals surface area contributed by atoms with E-state index in [0.717, 1.165) is 25.7 Å². The topological polar surface area (TPSA) is 89.8 Å². The molecule has 0 bridgehead atoms. The van der Waals surface area contributed by atoms with E-state index >= 15 is 0 Å². The summed E-state index contributed by atoms with van der Waals surface area (Å²) in [4.78, 5) is 12.4. The van der Waals surface area contributed by atoms with Gasteiger partial charge in [0.25, 0.3) is 0 Å². The SMILES string of the molecule is Nc1nc(Cl)c2ncn([C@H]3CCCC[C@H]3CO)c2n1. The van der Waals surface area contributed by atoms with Crippen LogP contribution in [0.5, 0.6) is 0 Å². The number of halogens is 1. The van der Waals surface area contributed by atoms with Gasteiger partial charge in [-0.2, -0.15) is 9.97 Å². The molecule has 6 nitrogen and oxygen atoms in total. The zero-order chi connectivity index (χ0) is 13.4. The molecule has 0 spiro atoms. The van der Waals surface area contributed by atoms with Gasteiger partial charge in [-0.15, -0.1) is 0 Å². The predicted octanol–water partition coefficient (Wildman–Crippen LogP) is 1.79. The van der Waals surface area contributed by atoms with Crippen molar-refractivity contribution < 1.29 is 5.11 Å². The third-order valence-electron chi connectivity index (χ3n) is 3.86. The van der Waals surface area contributed by atoms with Gasteiger partial charge < -0.3 is 15.4 Å². The van der Waals surface area contributed by atoms with Gasteiger partial charge in [0.05, 0.1) is 6.33 Å². The number of rotatable bonds is 2. The number of aliphatic hydroxyl groups is 1. The molecule has 3 rings (SSSR count). The molecular weight excluding hydrogens is 266 g/mol. The third kappa shape index (κ3) is 2.15. The lowest BCUT2D eigenvalue weighted by molar-refractivity contribution is 0.140. The fraction of sp³-hybridized carbons (Fsp3) is 0.583. The summed E-state index contributed by atoms with van der Waals surface area (Å²) in [6.07, 6.45) is 6.07. The van der Waals surface area contributed by atoms with Crippen LogP contribution >= 0.6 is 11.6 Å². The van der Waals surface area contributed by atoms with Gasteiger partial charge in [0.15, 0.2) is 10.8 Å². The van der Waals surface area contributed by atoms with Gasteiger partial charge in [-0.05, 0) is 12.8 Å². The number of nitrogens with zero attached hydrogens (tertiary/aromatic N) is 4. The summed E-state index contributed by atoms with van der Waals surface area (Å²) in [6, 6.07) is 0.203. The van der Waals surface area contributed by atoms with E-state index in [-0.39, 0.29) is 29.7 Å². The van der Waals surface area contributed by atoms with E-state index in [2.05, 4.69) is 15.0 Å². The summed E-state index contributed by atoms with van der Waals surface area (Å²) in [6.45, 7) is 0.179. The Morgan fingerprint density at radius 2 is 2.16 bits per heavy atom. The summed E-state index contributed by atoms with van der Waals surface area (Å²) < 4.78 is 1.99. The van der Waals surface area contributed by atoms with Gasteiger partial charge in [0.2, 0.25) is 5.95 Å². The van der Waals surface area contributed by atoms with Crippen molar-refractivity contribution in [3.63, 3.8) is 0 Å². The van der Waals surface area contributed by atoms with Crippen LogP contribution in [0.4, 0.5) is 5.95 Å². The molecule has 0 unspecified atom stereocenters. The second-order valence-electron chi connectivity index (χ2n) is 4.99. The molecule has 1 fully saturated rings. The molecule has 2 aromatic heterocycles. The zero-order valence-electron chi connectivity index (χ0n) is 10.5. The minimum absolute atomic E-state index is 0.149. The molecule has 1 aliphatic rings. The molecule has 0 radical (unpaired) electrons. The average Bonchev–Trinajstić information content (AvgIpc) is 2.82. The highest BCUT2D eigenvalue weighted by Crippen LogP contribution is 2.35. The van der Waals surface area contributed by atoms with Crippen LogP contribution in [0.25, 0.3) is 11.2 Å². The first-order chi connectivity index (χ1) is 9.20. The fourth-order valence-corrected chi connectivity index (χ4v) is 3.13. The van der Waals surface area contributed by atoms with E-state index < -0.39 is 0 Å². The number of fused-ring (bicyclic) bond motifs is 1. The molecule has 0 saturated heterocycles. The molecule has 0 aliphatic heterocycles. The second-order valence-corrected chi connectivity index (χ2v) is 5.35. The summed E-state index contributed by atoms with van der Waals surface area (Å²) >= 11 is 6.03. The van der Waals surface area contributed by atoms with E-state index in [1.54, 1.807) is 6.33 Å². The number of imidazole rings is 1. The van der Waals surface area contributed by atoms with Crippen LogP contribution in [0.3, 0.4) is 0 Å². The van der Waals surface area contributed by atoms with Crippen LogP contribution in [0, 0.1) is 5.92 Å². The molecule has 1 saturated carbocycles. The highest BCUT2D eigenvalue weighted by atomic mass is 35.5. The standard InChI is InChI=1S/C12H16ClN5O/c13-10-9-11(17-12(14)16-10)18(6-15-9)8-4-2-1-3-7(8)5-19/h6-8,19H,1-5H2,(H2,14,16,17)/t7-,8-/m0/s1. The van der Waals surface area contributed by atoms with E-state index in [0.29, 0.717) is 11.2 Å². The Bertz CT molecular complexity index is 599. The number of hydrogen-bond acceptors (Lipinski definition) is 5. The first-order valence-electron chi connectivity index (χ1n) is 6.47. The molecule has 2 heterocycles. The number of hydrogen-bond donors (Lipinski definition) is 2. The Hall–Kier alpha value is -1.40. The molecule has 3 N–H and O–H groups in total. The summed E-state index contributed by atoms with van der Waals surface area (Å²) in [7, 11) is 0. The Morgan fingerprint density at radius 1 is 1.37 bits per heavy atom. The smallest absolute Gasteiger partial charge is 0.223 e. The minimum Gasteiger partial charge on any atom is -0.396 e. The van der Waals surface area contributed by atoms with Crippen molar-refractivity contribution in [3.05, 3.63) is 11.5 Å². The van der Waals surface area contributed by atoms with Crippen molar-refractivity contribution in [2.75, 3.05) is 12.3 Å². The van der Waals surface area contributed by atoms with Crippen LogP contribution in [0.15, 0.2) is 6.33 Å². The third-order valence-corrected chi connectivity index (χ3v) is 4.12.